The van der Waals surface area contributed by atoms with Crippen LogP contribution in [0.4, 0.5) is 0 Å². The highest BCUT2D eigenvalue weighted by molar-refractivity contribution is 9.10. The summed E-state index contributed by atoms with van der Waals surface area (Å²) in [5.74, 6) is 0.753. The van der Waals surface area contributed by atoms with Crippen LogP contribution in [-0.2, 0) is 4.74 Å². The van der Waals surface area contributed by atoms with Crippen molar-refractivity contribution in [2.24, 2.45) is 5.92 Å². The van der Waals surface area contributed by atoms with Crippen LogP contribution in [0.1, 0.15) is 45.3 Å². The van der Waals surface area contributed by atoms with Crippen molar-refractivity contribution in [3.63, 3.8) is 0 Å². The third-order valence-corrected chi connectivity index (χ3v) is 3.60. The first-order valence-electron chi connectivity index (χ1n) is 7.21. The molecule has 1 rings (SSSR count). The Kier molecular flexibility index (Phi) is 8.35. The van der Waals surface area contributed by atoms with E-state index in [-0.39, 0.29) is 6.10 Å². The standard InChI is InChI=1S/C16H26BrNO/c1-4-18-12-16(19-11-5-6-13(2)3)14-7-9-15(17)10-8-14/h7-10,13,16,18H,4-6,11-12H2,1-3H3. The predicted molar refractivity (Wildman–Crippen MR) is 85.5 cm³/mol. The van der Waals surface area contributed by atoms with Crippen LogP contribution in [0.25, 0.3) is 0 Å². The fraction of sp³-hybridized carbons (Fsp3) is 0.625. The molecule has 0 aliphatic carbocycles. The van der Waals surface area contributed by atoms with E-state index in [2.05, 4.69) is 66.3 Å². The van der Waals surface area contributed by atoms with Gasteiger partial charge in [0.1, 0.15) is 0 Å². The highest BCUT2D eigenvalue weighted by Crippen LogP contribution is 2.20. The van der Waals surface area contributed by atoms with Crippen molar-refractivity contribution < 1.29 is 4.74 Å². The summed E-state index contributed by atoms with van der Waals surface area (Å²) in [7, 11) is 0. The van der Waals surface area contributed by atoms with E-state index in [0.717, 1.165) is 36.5 Å². The molecule has 0 aliphatic rings. The lowest BCUT2D eigenvalue weighted by atomic mass is 10.1. The third kappa shape index (κ3) is 7.09. The molecule has 0 saturated heterocycles. The second-order valence-corrected chi connectivity index (χ2v) is 6.17. The number of hydrogen-bond acceptors (Lipinski definition) is 2. The fourth-order valence-electron chi connectivity index (χ4n) is 1.94. The minimum Gasteiger partial charge on any atom is -0.372 e. The lowest BCUT2D eigenvalue weighted by molar-refractivity contribution is 0.0490. The first-order chi connectivity index (χ1) is 9.13. The monoisotopic (exact) mass is 327 g/mol. The number of halogens is 1. The van der Waals surface area contributed by atoms with Gasteiger partial charge in [0.25, 0.3) is 0 Å². The van der Waals surface area contributed by atoms with Crippen molar-refractivity contribution in [1.29, 1.82) is 0 Å². The molecule has 0 bridgehead atoms. The molecule has 0 saturated carbocycles. The summed E-state index contributed by atoms with van der Waals surface area (Å²) in [5, 5.41) is 3.37. The zero-order chi connectivity index (χ0) is 14.1. The van der Waals surface area contributed by atoms with E-state index in [9.17, 15) is 0 Å². The van der Waals surface area contributed by atoms with Gasteiger partial charge in [-0.15, -0.1) is 0 Å². The Morgan fingerprint density at radius 3 is 2.47 bits per heavy atom. The summed E-state index contributed by atoms with van der Waals surface area (Å²) in [6.45, 7) is 9.32. The van der Waals surface area contributed by atoms with E-state index in [0.29, 0.717) is 0 Å². The summed E-state index contributed by atoms with van der Waals surface area (Å²) < 4.78 is 7.15. The summed E-state index contributed by atoms with van der Waals surface area (Å²) in [4.78, 5) is 0. The van der Waals surface area contributed by atoms with Crippen LogP contribution in [0.5, 0.6) is 0 Å². The molecule has 2 nitrogen and oxygen atoms in total. The fourth-order valence-corrected chi connectivity index (χ4v) is 2.21. The predicted octanol–water partition coefficient (Wildman–Crippen LogP) is 4.55. The summed E-state index contributed by atoms with van der Waals surface area (Å²) in [6.07, 6.45) is 2.52. The number of likely N-dealkylation sites (N-methyl/N-ethyl adjacent to an activating group) is 1. The quantitative estimate of drug-likeness (QED) is 0.671. The number of benzene rings is 1. The van der Waals surface area contributed by atoms with E-state index in [1.54, 1.807) is 0 Å². The number of ether oxygens (including phenoxy) is 1. The van der Waals surface area contributed by atoms with E-state index < -0.39 is 0 Å². The highest BCUT2D eigenvalue weighted by Gasteiger charge is 2.11. The molecule has 0 heterocycles. The molecule has 0 amide bonds. The van der Waals surface area contributed by atoms with Crippen molar-refractivity contribution in [2.75, 3.05) is 19.7 Å². The van der Waals surface area contributed by atoms with Crippen LogP contribution in [0.2, 0.25) is 0 Å². The lowest BCUT2D eigenvalue weighted by Gasteiger charge is -2.19. The van der Waals surface area contributed by atoms with Gasteiger partial charge in [-0.2, -0.15) is 0 Å². The van der Waals surface area contributed by atoms with Crippen LogP contribution in [0.15, 0.2) is 28.7 Å². The van der Waals surface area contributed by atoms with Crippen LogP contribution < -0.4 is 5.32 Å². The van der Waals surface area contributed by atoms with Crippen LogP contribution in [0.3, 0.4) is 0 Å². The zero-order valence-corrected chi connectivity index (χ0v) is 13.9. The maximum Gasteiger partial charge on any atom is 0.0949 e. The van der Waals surface area contributed by atoms with Crippen LogP contribution in [-0.4, -0.2) is 19.7 Å². The topological polar surface area (TPSA) is 21.3 Å². The molecule has 1 aromatic rings. The smallest absolute Gasteiger partial charge is 0.0949 e. The Hall–Kier alpha value is -0.380. The van der Waals surface area contributed by atoms with Crippen molar-refractivity contribution in [1.82, 2.24) is 5.32 Å². The average molecular weight is 328 g/mol. The zero-order valence-electron chi connectivity index (χ0n) is 12.3. The van der Waals surface area contributed by atoms with Crippen molar-refractivity contribution in [2.45, 2.75) is 39.7 Å². The third-order valence-electron chi connectivity index (χ3n) is 3.07. The average Bonchev–Trinajstić information content (AvgIpc) is 2.39. The molecule has 0 spiro atoms. The molecule has 108 valence electrons. The number of nitrogens with one attached hydrogen (secondary N) is 1. The Bertz CT molecular complexity index is 337. The van der Waals surface area contributed by atoms with E-state index in [4.69, 9.17) is 4.74 Å². The largest absolute Gasteiger partial charge is 0.372 e. The molecule has 1 atom stereocenters. The van der Waals surface area contributed by atoms with Gasteiger partial charge in [0.05, 0.1) is 6.10 Å². The van der Waals surface area contributed by atoms with Gasteiger partial charge in [0.15, 0.2) is 0 Å². The molecule has 19 heavy (non-hydrogen) atoms. The van der Waals surface area contributed by atoms with Gasteiger partial charge >= 0.3 is 0 Å². The minimum absolute atomic E-state index is 0.153. The first-order valence-corrected chi connectivity index (χ1v) is 8.00. The molecule has 1 unspecified atom stereocenters. The van der Waals surface area contributed by atoms with Crippen molar-refractivity contribution >= 4 is 15.9 Å². The molecular weight excluding hydrogens is 302 g/mol. The molecular formula is C16H26BrNO. The van der Waals surface area contributed by atoms with Gasteiger partial charge in [-0.3, -0.25) is 0 Å². The van der Waals surface area contributed by atoms with Crippen molar-refractivity contribution in [3.8, 4) is 0 Å². The van der Waals surface area contributed by atoms with Crippen LogP contribution in [0, 0.1) is 5.92 Å². The Labute approximate surface area is 126 Å². The number of rotatable bonds is 9. The van der Waals surface area contributed by atoms with E-state index in [1.807, 2.05) is 0 Å². The van der Waals surface area contributed by atoms with Gasteiger partial charge in [0, 0.05) is 17.6 Å². The second kappa shape index (κ2) is 9.51. The maximum absolute atomic E-state index is 6.04. The SMILES string of the molecule is CCNCC(OCCCC(C)C)c1ccc(Br)cc1. The first kappa shape index (κ1) is 16.7. The second-order valence-electron chi connectivity index (χ2n) is 5.25. The van der Waals surface area contributed by atoms with Gasteiger partial charge < -0.3 is 10.1 Å². The van der Waals surface area contributed by atoms with E-state index in [1.165, 1.54) is 12.0 Å². The normalized spacial score (nSPS) is 12.9. The van der Waals surface area contributed by atoms with Gasteiger partial charge in [0.2, 0.25) is 0 Å². The van der Waals surface area contributed by atoms with Gasteiger partial charge in [-0.25, -0.2) is 0 Å². The summed E-state index contributed by atoms with van der Waals surface area (Å²) in [6, 6.07) is 8.42. The Balaban J connectivity index is 2.48. The van der Waals surface area contributed by atoms with Crippen LogP contribution >= 0.6 is 15.9 Å². The molecule has 1 N–H and O–H groups in total. The highest BCUT2D eigenvalue weighted by atomic mass is 79.9. The Morgan fingerprint density at radius 2 is 1.89 bits per heavy atom. The molecule has 0 aromatic heterocycles. The number of hydrogen-bond donors (Lipinski definition) is 1. The molecule has 3 heteroatoms. The Morgan fingerprint density at radius 1 is 1.21 bits per heavy atom. The molecule has 1 aromatic carbocycles. The lowest BCUT2D eigenvalue weighted by Crippen LogP contribution is -2.23. The van der Waals surface area contributed by atoms with Gasteiger partial charge in [-0.1, -0.05) is 48.8 Å². The summed E-state index contributed by atoms with van der Waals surface area (Å²) >= 11 is 3.47. The minimum atomic E-state index is 0.153. The molecule has 0 aliphatic heterocycles. The summed E-state index contributed by atoms with van der Waals surface area (Å²) in [5.41, 5.74) is 1.24. The van der Waals surface area contributed by atoms with Gasteiger partial charge in [-0.05, 0) is 43.0 Å². The van der Waals surface area contributed by atoms with Crippen molar-refractivity contribution in [3.05, 3.63) is 34.3 Å². The molecule has 0 fully saturated rings. The maximum atomic E-state index is 6.04. The van der Waals surface area contributed by atoms with E-state index >= 15 is 0 Å². The molecule has 0 radical (unpaired) electrons.